The number of esters is 1. The fourth-order valence-electron chi connectivity index (χ4n) is 2.09. The molecule has 0 radical (unpaired) electrons. The Bertz CT molecular complexity index is 705. The molecule has 122 valence electrons. The topological polar surface area (TPSA) is 68.5 Å². The molecule has 0 aliphatic heterocycles. The predicted octanol–water partition coefficient (Wildman–Crippen LogP) is 3.06. The van der Waals surface area contributed by atoms with Gasteiger partial charge in [-0.3, -0.25) is 0 Å². The lowest BCUT2D eigenvalue weighted by Gasteiger charge is -2.18. The summed E-state index contributed by atoms with van der Waals surface area (Å²) < 4.78 is 25.7. The Labute approximate surface area is 137 Å². The molecule has 1 heterocycles. The van der Waals surface area contributed by atoms with E-state index in [0.29, 0.717) is 16.2 Å². The summed E-state index contributed by atoms with van der Waals surface area (Å²) in [6.45, 7) is 3.68. The van der Waals surface area contributed by atoms with Crippen molar-refractivity contribution in [3.8, 4) is 0 Å². The van der Waals surface area contributed by atoms with Gasteiger partial charge in [0.2, 0.25) is 0 Å². The minimum absolute atomic E-state index is 0.336. The average Bonchev–Trinajstić information content (AvgIpc) is 3.09. The summed E-state index contributed by atoms with van der Waals surface area (Å²) in [5.74, 6) is -0.00809. The third-order valence-corrected chi connectivity index (χ3v) is 4.48. The first-order valence-corrected chi connectivity index (χ1v) is 8.24. The van der Waals surface area contributed by atoms with Crippen LogP contribution in [-0.4, -0.2) is 17.3 Å². The molecule has 0 aliphatic rings. The maximum absolute atomic E-state index is 12.6. The van der Waals surface area contributed by atoms with E-state index in [-0.39, 0.29) is 0 Å². The summed E-state index contributed by atoms with van der Waals surface area (Å²) in [5, 5.41) is 0. The highest BCUT2D eigenvalue weighted by molar-refractivity contribution is 7.83. The standard InChI is InChI=1S/C17H19NO4S/c1-4-14(17(19)21-3)16(15-6-5-11-22-15)18-23(20)13-9-7-12(2)8-10-13/h4-11,16,18H,1-3H3/b14-4-/t16-,23?/m1/s1. The van der Waals surface area contributed by atoms with Crippen molar-refractivity contribution in [2.45, 2.75) is 24.8 Å². The van der Waals surface area contributed by atoms with Gasteiger partial charge in [0.1, 0.15) is 22.8 Å². The van der Waals surface area contributed by atoms with Crippen LogP contribution in [0.5, 0.6) is 0 Å². The molecule has 1 aromatic carbocycles. The van der Waals surface area contributed by atoms with Gasteiger partial charge in [-0.15, -0.1) is 0 Å². The molecule has 2 aromatic rings. The lowest BCUT2D eigenvalue weighted by atomic mass is 10.1. The van der Waals surface area contributed by atoms with Crippen molar-refractivity contribution in [3.63, 3.8) is 0 Å². The molecule has 0 aliphatic carbocycles. The molecule has 0 saturated heterocycles. The number of carbonyl (C=O) groups excluding carboxylic acids is 1. The van der Waals surface area contributed by atoms with Crippen LogP contribution in [0.25, 0.3) is 0 Å². The maximum atomic E-state index is 12.6. The molecule has 0 fully saturated rings. The largest absolute Gasteiger partial charge is 0.467 e. The van der Waals surface area contributed by atoms with Gasteiger partial charge in [-0.1, -0.05) is 23.8 Å². The third-order valence-electron chi connectivity index (χ3n) is 3.33. The van der Waals surface area contributed by atoms with Gasteiger partial charge in [0.05, 0.1) is 23.8 Å². The quantitative estimate of drug-likeness (QED) is 0.651. The van der Waals surface area contributed by atoms with E-state index in [2.05, 4.69) is 4.72 Å². The lowest BCUT2D eigenvalue weighted by molar-refractivity contribution is -0.136. The normalized spacial score (nSPS) is 14.3. The summed E-state index contributed by atoms with van der Waals surface area (Å²) in [6, 6.07) is 10.1. The number of hydrogen-bond donors (Lipinski definition) is 1. The molecule has 2 rings (SSSR count). The van der Waals surface area contributed by atoms with E-state index in [1.807, 2.05) is 19.1 Å². The molecule has 1 N–H and O–H groups in total. The van der Waals surface area contributed by atoms with Gasteiger partial charge in [-0.2, -0.15) is 0 Å². The van der Waals surface area contributed by atoms with E-state index in [9.17, 15) is 9.00 Å². The fraction of sp³-hybridized carbons (Fsp3) is 0.235. The minimum Gasteiger partial charge on any atom is -0.467 e. The molecule has 0 amide bonds. The first-order chi connectivity index (χ1) is 11.1. The number of hydrogen-bond acceptors (Lipinski definition) is 4. The van der Waals surface area contributed by atoms with Gasteiger partial charge >= 0.3 is 5.97 Å². The Morgan fingerprint density at radius 1 is 1.30 bits per heavy atom. The van der Waals surface area contributed by atoms with Crippen LogP contribution < -0.4 is 4.72 Å². The number of benzene rings is 1. The number of aryl methyl sites for hydroxylation is 1. The zero-order chi connectivity index (χ0) is 16.8. The fourth-order valence-corrected chi connectivity index (χ4v) is 3.06. The highest BCUT2D eigenvalue weighted by Crippen LogP contribution is 2.25. The van der Waals surface area contributed by atoms with E-state index in [0.717, 1.165) is 5.56 Å². The van der Waals surface area contributed by atoms with Crippen LogP contribution in [-0.2, 0) is 20.5 Å². The average molecular weight is 333 g/mol. The van der Waals surface area contributed by atoms with Crippen LogP contribution in [0.3, 0.4) is 0 Å². The second kappa shape index (κ2) is 7.89. The number of rotatable bonds is 6. The van der Waals surface area contributed by atoms with Crippen LogP contribution in [0.2, 0.25) is 0 Å². The zero-order valence-corrected chi connectivity index (χ0v) is 14.1. The number of furan rings is 1. The van der Waals surface area contributed by atoms with Crippen LogP contribution in [0.1, 0.15) is 24.3 Å². The summed E-state index contributed by atoms with van der Waals surface area (Å²) >= 11 is 0. The van der Waals surface area contributed by atoms with E-state index < -0.39 is 23.0 Å². The van der Waals surface area contributed by atoms with Crippen molar-refractivity contribution in [1.29, 1.82) is 0 Å². The van der Waals surface area contributed by atoms with Crippen molar-refractivity contribution in [2.24, 2.45) is 0 Å². The van der Waals surface area contributed by atoms with Crippen molar-refractivity contribution < 1.29 is 18.2 Å². The first-order valence-electron chi connectivity index (χ1n) is 7.09. The van der Waals surface area contributed by atoms with E-state index in [1.54, 1.807) is 37.3 Å². The Balaban J connectivity index is 2.30. The van der Waals surface area contributed by atoms with Crippen LogP contribution in [0, 0.1) is 6.92 Å². The Morgan fingerprint density at radius 3 is 2.52 bits per heavy atom. The highest BCUT2D eigenvalue weighted by Gasteiger charge is 2.27. The minimum atomic E-state index is -1.51. The van der Waals surface area contributed by atoms with Crippen LogP contribution >= 0.6 is 0 Å². The summed E-state index contributed by atoms with van der Waals surface area (Å²) in [5.41, 5.74) is 1.42. The van der Waals surface area contributed by atoms with Gasteiger partial charge in [-0.05, 0) is 38.1 Å². The Morgan fingerprint density at radius 2 is 2.00 bits per heavy atom. The molecule has 23 heavy (non-hydrogen) atoms. The second-order valence-corrected chi connectivity index (χ2v) is 6.13. The van der Waals surface area contributed by atoms with Gasteiger partial charge in [0.25, 0.3) is 0 Å². The number of methoxy groups -OCH3 is 1. The molecular weight excluding hydrogens is 314 g/mol. The molecule has 0 bridgehead atoms. The number of ether oxygens (including phenoxy) is 1. The predicted molar refractivity (Wildman–Crippen MR) is 87.9 cm³/mol. The number of nitrogens with one attached hydrogen (secondary N) is 1. The molecule has 6 heteroatoms. The number of allylic oxidation sites excluding steroid dienone is 1. The molecule has 5 nitrogen and oxygen atoms in total. The van der Waals surface area contributed by atoms with Crippen LogP contribution in [0.4, 0.5) is 0 Å². The Hall–Kier alpha value is -2.18. The molecule has 2 atom stereocenters. The van der Waals surface area contributed by atoms with Crippen molar-refractivity contribution in [2.75, 3.05) is 7.11 Å². The third kappa shape index (κ3) is 4.18. The lowest BCUT2D eigenvalue weighted by Crippen LogP contribution is -2.28. The zero-order valence-electron chi connectivity index (χ0n) is 13.2. The van der Waals surface area contributed by atoms with Gasteiger partial charge in [-0.25, -0.2) is 13.7 Å². The summed E-state index contributed by atoms with van der Waals surface area (Å²) in [6.07, 6.45) is 3.13. The smallest absolute Gasteiger partial charge is 0.335 e. The highest BCUT2D eigenvalue weighted by atomic mass is 32.2. The summed E-state index contributed by atoms with van der Waals surface area (Å²) in [7, 11) is -0.198. The van der Waals surface area contributed by atoms with Gasteiger partial charge in [0.15, 0.2) is 0 Å². The molecule has 1 aromatic heterocycles. The van der Waals surface area contributed by atoms with Crippen molar-refractivity contribution in [1.82, 2.24) is 4.72 Å². The first kappa shape index (κ1) is 17.2. The second-order valence-electron chi connectivity index (χ2n) is 4.88. The maximum Gasteiger partial charge on any atom is 0.335 e. The van der Waals surface area contributed by atoms with E-state index >= 15 is 0 Å². The van der Waals surface area contributed by atoms with Gasteiger partial charge < -0.3 is 9.15 Å². The molecule has 0 saturated carbocycles. The monoisotopic (exact) mass is 333 g/mol. The van der Waals surface area contributed by atoms with Crippen molar-refractivity contribution in [3.05, 3.63) is 65.6 Å². The van der Waals surface area contributed by atoms with Crippen LogP contribution in [0.15, 0.2) is 63.6 Å². The molecule has 1 unspecified atom stereocenters. The summed E-state index contributed by atoms with van der Waals surface area (Å²) in [4.78, 5) is 12.6. The van der Waals surface area contributed by atoms with E-state index in [1.165, 1.54) is 13.4 Å². The number of carbonyl (C=O) groups is 1. The Kier molecular flexibility index (Phi) is 5.90. The van der Waals surface area contributed by atoms with E-state index in [4.69, 9.17) is 9.15 Å². The van der Waals surface area contributed by atoms with Gasteiger partial charge in [0, 0.05) is 0 Å². The molecular formula is C17H19NO4S. The van der Waals surface area contributed by atoms with Crippen molar-refractivity contribution >= 4 is 17.0 Å². The molecule has 0 spiro atoms. The SMILES string of the molecule is C/C=C(\C(=O)OC)[C@@H](NS(=O)c1ccc(C)cc1)c1ccco1.